The molecule has 0 radical (unpaired) electrons. The van der Waals surface area contributed by atoms with E-state index < -0.39 is 10.0 Å². The first kappa shape index (κ1) is 15.6. The highest BCUT2D eigenvalue weighted by Crippen LogP contribution is 2.27. The van der Waals surface area contributed by atoms with E-state index in [9.17, 15) is 13.2 Å². The van der Waals surface area contributed by atoms with Crippen molar-refractivity contribution in [3.8, 4) is 0 Å². The number of amidine groups is 1. The molecule has 24 heavy (non-hydrogen) atoms. The number of carbonyl (C=O) groups excluding carboxylic acids is 1. The molecule has 4 rings (SSSR count). The number of sulfonamides is 1. The lowest BCUT2D eigenvalue weighted by Crippen LogP contribution is -2.54. The zero-order valence-corrected chi connectivity index (χ0v) is 13.9. The predicted molar refractivity (Wildman–Crippen MR) is 87.9 cm³/mol. The van der Waals surface area contributed by atoms with Gasteiger partial charge in [0.2, 0.25) is 5.91 Å². The molecule has 0 saturated carbocycles. The molecule has 3 heterocycles. The predicted octanol–water partition coefficient (Wildman–Crippen LogP) is -0.854. The topological polar surface area (TPSA) is 94.1 Å². The van der Waals surface area contributed by atoms with Gasteiger partial charge in [0.05, 0.1) is 0 Å². The van der Waals surface area contributed by atoms with Crippen LogP contribution < -0.4 is 10.9 Å². The van der Waals surface area contributed by atoms with Gasteiger partial charge in [0.25, 0.3) is 10.0 Å². The third kappa shape index (κ3) is 2.58. The van der Waals surface area contributed by atoms with Crippen LogP contribution in [0.4, 0.5) is 0 Å². The summed E-state index contributed by atoms with van der Waals surface area (Å²) in [4.78, 5) is 16.5. The normalized spacial score (nSPS) is 25.5. The van der Waals surface area contributed by atoms with Gasteiger partial charge in [0.1, 0.15) is 10.9 Å². The first-order valence-electron chi connectivity index (χ1n) is 8.03. The molecule has 0 aliphatic carbocycles. The quantitative estimate of drug-likeness (QED) is 0.686. The summed E-state index contributed by atoms with van der Waals surface area (Å²) in [7, 11) is -3.60. The molecular weight excluding hydrogens is 330 g/mol. The molecule has 2 N–H and O–H groups in total. The van der Waals surface area contributed by atoms with Gasteiger partial charge in [0, 0.05) is 38.3 Å². The van der Waals surface area contributed by atoms with Crippen molar-refractivity contribution in [1.82, 2.24) is 20.7 Å². The maximum absolute atomic E-state index is 12.4. The molecular formula is C15H19N5O3S. The molecule has 0 bridgehead atoms. The van der Waals surface area contributed by atoms with Crippen LogP contribution >= 0.6 is 0 Å². The number of piperazine rings is 1. The molecule has 0 aromatic heterocycles. The Morgan fingerprint density at radius 3 is 2.62 bits per heavy atom. The van der Waals surface area contributed by atoms with Crippen LogP contribution in [0.15, 0.2) is 33.6 Å². The summed E-state index contributed by atoms with van der Waals surface area (Å²) in [6.07, 6.45) is 0.789. The number of rotatable bonds is 1. The van der Waals surface area contributed by atoms with Gasteiger partial charge in [0.15, 0.2) is 5.84 Å². The van der Waals surface area contributed by atoms with Crippen LogP contribution in [0, 0.1) is 0 Å². The van der Waals surface area contributed by atoms with Gasteiger partial charge < -0.3 is 9.80 Å². The molecule has 1 unspecified atom stereocenters. The maximum atomic E-state index is 12.4. The van der Waals surface area contributed by atoms with Gasteiger partial charge in [-0.05, 0) is 18.6 Å². The molecule has 0 spiro atoms. The Morgan fingerprint density at radius 1 is 1.17 bits per heavy atom. The van der Waals surface area contributed by atoms with Crippen LogP contribution in [0.3, 0.4) is 0 Å². The lowest BCUT2D eigenvalue weighted by Gasteiger charge is -2.36. The van der Waals surface area contributed by atoms with E-state index >= 15 is 0 Å². The third-order valence-corrected chi connectivity index (χ3v) is 5.96. The average Bonchev–Trinajstić information content (AvgIpc) is 3.22. The van der Waals surface area contributed by atoms with Crippen molar-refractivity contribution >= 4 is 21.8 Å². The molecule has 2 saturated heterocycles. The number of hydrogen-bond donors (Lipinski definition) is 2. The van der Waals surface area contributed by atoms with Crippen LogP contribution in [-0.4, -0.2) is 68.7 Å². The van der Waals surface area contributed by atoms with Gasteiger partial charge in [-0.1, -0.05) is 12.1 Å². The van der Waals surface area contributed by atoms with Gasteiger partial charge in [-0.25, -0.2) is 5.43 Å². The van der Waals surface area contributed by atoms with Crippen LogP contribution in [0.25, 0.3) is 0 Å². The monoisotopic (exact) mass is 349 g/mol. The Bertz CT molecular complexity index is 793. The highest BCUT2D eigenvalue weighted by molar-refractivity contribution is 7.90. The number of carbonyl (C=O) groups is 1. The van der Waals surface area contributed by atoms with Crippen molar-refractivity contribution in [1.29, 1.82) is 0 Å². The van der Waals surface area contributed by atoms with Gasteiger partial charge in [-0.3, -0.25) is 10.2 Å². The fourth-order valence-corrected chi connectivity index (χ4v) is 4.57. The minimum Gasteiger partial charge on any atom is -0.352 e. The Kier molecular flexibility index (Phi) is 3.78. The fourth-order valence-electron chi connectivity index (χ4n) is 3.34. The molecule has 1 atom stereocenters. The first-order valence-corrected chi connectivity index (χ1v) is 9.47. The summed E-state index contributed by atoms with van der Waals surface area (Å²) in [6.45, 7) is 3.08. The van der Waals surface area contributed by atoms with E-state index in [0.29, 0.717) is 37.6 Å². The summed E-state index contributed by atoms with van der Waals surface area (Å²) in [5.74, 6) is 0.597. The Hall–Kier alpha value is -1.97. The second-order valence-electron chi connectivity index (χ2n) is 6.11. The largest absolute Gasteiger partial charge is 0.352 e. The second kappa shape index (κ2) is 5.83. The van der Waals surface area contributed by atoms with Crippen molar-refractivity contribution in [2.24, 2.45) is 4.40 Å². The summed E-state index contributed by atoms with van der Waals surface area (Å²) in [5, 5.41) is 0. The van der Waals surface area contributed by atoms with E-state index in [4.69, 9.17) is 0 Å². The van der Waals surface area contributed by atoms with E-state index in [1.165, 1.54) is 0 Å². The molecule has 128 valence electrons. The van der Waals surface area contributed by atoms with E-state index in [1.54, 1.807) is 18.2 Å². The van der Waals surface area contributed by atoms with Crippen molar-refractivity contribution in [3.05, 3.63) is 29.8 Å². The molecule has 3 aliphatic heterocycles. The highest BCUT2D eigenvalue weighted by atomic mass is 32.2. The zero-order valence-electron chi connectivity index (χ0n) is 13.1. The number of benzene rings is 1. The van der Waals surface area contributed by atoms with Gasteiger partial charge in [-0.15, -0.1) is 4.40 Å². The molecule has 9 heteroatoms. The summed E-state index contributed by atoms with van der Waals surface area (Å²) >= 11 is 0. The first-order chi connectivity index (χ1) is 11.6. The zero-order chi connectivity index (χ0) is 16.7. The summed E-state index contributed by atoms with van der Waals surface area (Å²) in [6, 6.07) is 6.72. The summed E-state index contributed by atoms with van der Waals surface area (Å²) in [5.41, 5.74) is 6.61. The lowest BCUT2D eigenvalue weighted by atomic mass is 10.1. The van der Waals surface area contributed by atoms with Crippen LogP contribution in [0.1, 0.15) is 12.0 Å². The minimum atomic E-state index is -3.60. The molecule has 1 amide bonds. The third-order valence-electron chi connectivity index (χ3n) is 4.64. The molecule has 1 aromatic carbocycles. The van der Waals surface area contributed by atoms with E-state index in [2.05, 4.69) is 15.2 Å². The number of hydrogen-bond acceptors (Lipinski definition) is 6. The van der Waals surface area contributed by atoms with Gasteiger partial charge in [-0.2, -0.15) is 8.42 Å². The number of nitrogens with one attached hydrogen (secondary N) is 2. The Balaban J connectivity index is 1.48. The number of nitrogens with zero attached hydrogens (tertiary/aromatic N) is 3. The minimum absolute atomic E-state index is 0.0982. The van der Waals surface area contributed by atoms with E-state index in [1.807, 2.05) is 15.9 Å². The molecule has 2 fully saturated rings. The van der Waals surface area contributed by atoms with Crippen LogP contribution in [-0.2, 0) is 14.8 Å². The fraction of sp³-hybridized carbons (Fsp3) is 0.467. The Morgan fingerprint density at radius 2 is 1.92 bits per heavy atom. The van der Waals surface area contributed by atoms with Gasteiger partial charge >= 0.3 is 0 Å². The van der Waals surface area contributed by atoms with E-state index in [0.717, 1.165) is 13.0 Å². The van der Waals surface area contributed by atoms with Crippen LogP contribution in [0.5, 0.6) is 0 Å². The maximum Gasteiger partial charge on any atom is 0.285 e. The van der Waals surface area contributed by atoms with Crippen molar-refractivity contribution in [3.63, 3.8) is 0 Å². The molecule has 3 aliphatic rings. The lowest BCUT2D eigenvalue weighted by molar-refractivity contribution is -0.134. The molecule has 8 nitrogen and oxygen atoms in total. The number of amides is 1. The highest BCUT2D eigenvalue weighted by Gasteiger charge is 2.34. The van der Waals surface area contributed by atoms with Crippen molar-refractivity contribution < 1.29 is 13.2 Å². The standard InChI is InChI=1S/C15H19N5O3S/c21-15(12-5-6-16-17-12)20-9-7-19(8-10-20)14-11-3-1-2-4-13(11)24(22,23)18-14/h1-4,12,16-17H,5-10H2. The molecule has 1 aromatic rings. The number of fused-ring (bicyclic) bond motifs is 1. The number of hydrazine groups is 1. The SMILES string of the molecule is O=C(C1CCNN1)N1CCN(C2=NS(=O)(=O)c3ccccc32)CC1. The smallest absolute Gasteiger partial charge is 0.285 e. The summed E-state index contributed by atoms with van der Waals surface area (Å²) < 4.78 is 28.3. The van der Waals surface area contributed by atoms with Crippen molar-refractivity contribution in [2.45, 2.75) is 17.4 Å². The average molecular weight is 349 g/mol. The second-order valence-corrected chi connectivity index (χ2v) is 7.68. The Labute approximate surface area is 140 Å². The van der Waals surface area contributed by atoms with Crippen LogP contribution in [0.2, 0.25) is 0 Å². The van der Waals surface area contributed by atoms with E-state index in [-0.39, 0.29) is 16.8 Å². The van der Waals surface area contributed by atoms with Crippen molar-refractivity contribution in [2.75, 3.05) is 32.7 Å².